The van der Waals surface area contributed by atoms with Crippen LogP contribution in [0.4, 0.5) is 5.69 Å². The van der Waals surface area contributed by atoms with Gasteiger partial charge in [0.05, 0.1) is 4.92 Å². The van der Waals surface area contributed by atoms with E-state index < -0.39 is 0 Å². The first-order valence-corrected chi connectivity index (χ1v) is 10.7. The largest absolute Gasteiger partial charge is 0.293 e. The lowest BCUT2D eigenvalue weighted by Gasteiger charge is -2.52. The van der Waals surface area contributed by atoms with Crippen LogP contribution in [0.25, 0.3) is 0 Å². The number of likely N-dealkylation sites (tertiary alicyclic amines) is 1. The molecular weight excluding hydrogens is 362 g/mol. The summed E-state index contributed by atoms with van der Waals surface area (Å²) in [5.74, 6) is 1.63. The number of nitro benzene ring substituents is 1. The minimum absolute atomic E-state index is 0.150. The molecule has 3 aliphatic heterocycles. The van der Waals surface area contributed by atoms with Crippen LogP contribution >= 0.6 is 0 Å². The van der Waals surface area contributed by atoms with E-state index in [1.165, 1.54) is 24.8 Å². The fourth-order valence-corrected chi connectivity index (χ4v) is 6.23. The predicted octanol–water partition coefficient (Wildman–Crippen LogP) is 4.81. The summed E-state index contributed by atoms with van der Waals surface area (Å²) in [5.41, 5.74) is 2.37. The molecule has 5 heteroatoms. The molecule has 3 heterocycles. The van der Waals surface area contributed by atoms with Crippen molar-refractivity contribution in [2.24, 2.45) is 22.7 Å². The van der Waals surface area contributed by atoms with Gasteiger partial charge in [-0.3, -0.25) is 20.0 Å². The topological polar surface area (TPSA) is 58.7 Å². The molecule has 150 valence electrons. The number of benzene rings is 2. The first kappa shape index (κ1) is 18.5. The van der Waals surface area contributed by atoms with E-state index in [9.17, 15) is 10.1 Å². The molecule has 5 atom stereocenters. The van der Waals surface area contributed by atoms with Crippen molar-refractivity contribution in [2.45, 2.75) is 44.3 Å². The van der Waals surface area contributed by atoms with E-state index in [0.29, 0.717) is 23.8 Å². The van der Waals surface area contributed by atoms with Gasteiger partial charge in [0.25, 0.3) is 5.69 Å². The summed E-state index contributed by atoms with van der Waals surface area (Å²) >= 11 is 0. The maximum Gasteiger partial charge on any atom is 0.269 e. The quantitative estimate of drug-likeness (QED) is 0.526. The molecule has 5 nitrogen and oxygen atoms in total. The molecule has 4 bridgehead atoms. The highest BCUT2D eigenvalue weighted by atomic mass is 16.6. The van der Waals surface area contributed by atoms with Crippen LogP contribution in [0.15, 0.2) is 59.6 Å². The number of nitro groups is 1. The maximum absolute atomic E-state index is 11.1. The lowest BCUT2D eigenvalue weighted by Crippen LogP contribution is -2.57. The van der Waals surface area contributed by atoms with Crippen LogP contribution < -0.4 is 0 Å². The van der Waals surface area contributed by atoms with E-state index in [0.717, 1.165) is 18.7 Å². The van der Waals surface area contributed by atoms with Gasteiger partial charge >= 0.3 is 0 Å². The zero-order valence-corrected chi connectivity index (χ0v) is 16.8. The van der Waals surface area contributed by atoms with Gasteiger partial charge in [-0.15, -0.1) is 0 Å². The Morgan fingerprint density at radius 2 is 1.93 bits per heavy atom. The molecule has 6 rings (SSSR count). The van der Waals surface area contributed by atoms with Crippen molar-refractivity contribution in [3.05, 3.63) is 75.8 Å². The van der Waals surface area contributed by atoms with Gasteiger partial charge in [-0.05, 0) is 47.9 Å². The number of non-ortho nitro benzene ring substituents is 1. The van der Waals surface area contributed by atoms with Crippen LogP contribution in [0.2, 0.25) is 0 Å². The highest BCUT2D eigenvalue weighted by molar-refractivity contribution is 5.67. The average Bonchev–Trinajstić information content (AvgIpc) is 3.00. The number of nitrogens with zero attached hydrogens (tertiary/aromatic N) is 3. The van der Waals surface area contributed by atoms with Crippen molar-refractivity contribution in [1.29, 1.82) is 0 Å². The zero-order chi connectivity index (χ0) is 20.0. The van der Waals surface area contributed by atoms with Crippen LogP contribution in [0.1, 0.15) is 37.3 Å². The summed E-state index contributed by atoms with van der Waals surface area (Å²) in [5, 5.41) is 11.1. The van der Waals surface area contributed by atoms with Crippen molar-refractivity contribution in [3.8, 4) is 0 Å². The molecule has 0 amide bonds. The molecule has 2 fully saturated rings. The standard InChI is InChI=1S/C24H27N3O2/c1-2-6-22-18-13-20-16-26(15-17-7-4-3-5-8-17)23(22)24(20,25-14-18)19-9-11-21(12-10-19)27(28)29/h3-5,7-12,14,18,20,22-23H,2,6,13,15-16H2,1H3/t18-,20-,22+,23-,24-/m0/s1. The Balaban J connectivity index is 1.57. The highest BCUT2D eigenvalue weighted by Crippen LogP contribution is 2.59. The van der Waals surface area contributed by atoms with Gasteiger partial charge in [0.2, 0.25) is 0 Å². The van der Waals surface area contributed by atoms with Crippen LogP contribution in [0, 0.1) is 27.9 Å². The van der Waals surface area contributed by atoms with Crippen molar-refractivity contribution < 1.29 is 4.92 Å². The van der Waals surface area contributed by atoms with Gasteiger partial charge in [-0.1, -0.05) is 43.7 Å². The number of hydrogen-bond donors (Lipinski definition) is 0. The van der Waals surface area contributed by atoms with Gasteiger partial charge in [-0.25, -0.2) is 0 Å². The molecule has 1 saturated carbocycles. The Labute approximate surface area is 171 Å². The summed E-state index contributed by atoms with van der Waals surface area (Å²) in [6.45, 7) is 4.26. The molecule has 2 aromatic carbocycles. The second-order valence-electron chi connectivity index (χ2n) is 8.82. The third kappa shape index (κ3) is 2.83. The zero-order valence-electron chi connectivity index (χ0n) is 16.8. The molecule has 2 aromatic rings. The molecule has 1 aliphatic carbocycles. The fourth-order valence-electron chi connectivity index (χ4n) is 6.23. The molecule has 29 heavy (non-hydrogen) atoms. The predicted molar refractivity (Wildman–Crippen MR) is 114 cm³/mol. The highest BCUT2D eigenvalue weighted by Gasteiger charge is 2.64. The lowest BCUT2D eigenvalue weighted by atomic mass is 9.58. The molecule has 0 spiro atoms. The van der Waals surface area contributed by atoms with E-state index >= 15 is 0 Å². The number of rotatable bonds is 6. The summed E-state index contributed by atoms with van der Waals surface area (Å²) in [4.78, 5) is 18.7. The van der Waals surface area contributed by atoms with E-state index in [2.05, 4.69) is 48.4 Å². The molecular formula is C24H27N3O2. The second kappa shape index (κ2) is 7.06. The third-order valence-electron chi connectivity index (χ3n) is 7.30. The Morgan fingerprint density at radius 3 is 2.62 bits per heavy atom. The first-order valence-electron chi connectivity index (χ1n) is 10.7. The van der Waals surface area contributed by atoms with Crippen LogP contribution in [0.5, 0.6) is 0 Å². The summed E-state index contributed by atoms with van der Waals surface area (Å²) in [7, 11) is 0. The Kier molecular flexibility index (Phi) is 4.50. The normalized spacial score (nSPS) is 32.6. The van der Waals surface area contributed by atoms with Gasteiger partial charge in [0.15, 0.2) is 0 Å². The molecule has 4 aliphatic rings. The van der Waals surface area contributed by atoms with E-state index in [1.54, 1.807) is 12.1 Å². The SMILES string of the molecule is CCC[C@@H]1[C@@H]2C=N[C@@]3(c4ccc([N+](=O)[O-])cc4)[C@@H](C2)CN(Cc2ccccc2)[C@@H]13. The average molecular weight is 389 g/mol. The molecule has 0 radical (unpaired) electrons. The van der Waals surface area contributed by atoms with Crippen molar-refractivity contribution in [1.82, 2.24) is 4.90 Å². The first-order chi connectivity index (χ1) is 14.1. The Hall–Kier alpha value is -2.53. The monoisotopic (exact) mass is 389 g/mol. The van der Waals surface area contributed by atoms with Crippen molar-refractivity contribution in [3.63, 3.8) is 0 Å². The smallest absolute Gasteiger partial charge is 0.269 e. The van der Waals surface area contributed by atoms with Gasteiger partial charge in [-0.2, -0.15) is 0 Å². The van der Waals surface area contributed by atoms with Crippen LogP contribution in [-0.2, 0) is 12.1 Å². The van der Waals surface area contributed by atoms with Crippen molar-refractivity contribution >= 4 is 11.9 Å². The molecule has 0 unspecified atom stereocenters. The van der Waals surface area contributed by atoms with Gasteiger partial charge in [0.1, 0.15) is 5.54 Å². The summed E-state index contributed by atoms with van der Waals surface area (Å²) < 4.78 is 0. The van der Waals surface area contributed by atoms with E-state index in [-0.39, 0.29) is 16.1 Å². The van der Waals surface area contributed by atoms with E-state index in [1.807, 2.05) is 12.1 Å². The third-order valence-corrected chi connectivity index (χ3v) is 7.30. The number of hydrogen-bond acceptors (Lipinski definition) is 4. The van der Waals surface area contributed by atoms with Crippen LogP contribution in [0.3, 0.4) is 0 Å². The minimum Gasteiger partial charge on any atom is -0.293 e. The van der Waals surface area contributed by atoms with Gasteiger partial charge < -0.3 is 0 Å². The van der Waals surface area contributed by atoms with E-state index in [4.69, 9.17) is 4.99 Å². The second-order valence-corrected chi connectivity index (χ2v) is 8.82. The Bertz CT molecular complexity index is 927. The van der Waals surface area contributed by atoms with Gasteiger partial charge in [0, 0.05) is 43.4 Å². The van der Waals surface area contributed by atoms with Crippen molar-refractivity contribution in [2.75, 3.05) is 6.54 Å². The fraction of sp³-hybridized carbons (Fsp3) is 0.458. The van der Waals surface area contributed by atoms with Crippen LogP contribution in [-0.4, -0.2) is 28.6 Å². The molecule has 0 aromatic heterocycles. The molecule has 1 saturated heterocycles. The number of aliphatic imine (C=N–C) groups is 1. The molecule has 0 N–H and O–H groups in total. The Morgan fingerprint density at radius 1 is 1.17 bits per heavy atom. The maximum atomic E-state index is 11.1. The summed E-state index contributed by atoms with van der Waals surface area (Å²) in [6, 6.07) is 18.3. The summed E-state index contributed by atoms with van der Waals surface area (Å²) in [6.07, 6.45) is 5.76. The lowest BCUT2D eigenvalue weighted by molar-refractivity contribution is -0.384. The minimum atomic E-state index is -0.321.